The van der Waals surface area contributed by atoms with Crippen LogP contribution < -0.4 is 10.6 Å². The van der Waals surface area contributed by atoms with Crippen LogP contribution >= 0.6 is 0 Å². The molecule has 0 spiro atoms. The summed E-state index contributed by atoms with van der Waals surface area (Å²) < 4.78 is 0. The lowest BCUT2D eigenvalue weighted by Crippen LogP contribution is -2.30. The van der Waals surface area contributed by atoms with Gasteiger partial charge in [-0.05, 0) is 50.4 Å². The Balaban J connectivity index is 1.75. The van der Waals surface area contributed by atoms with Gasteiger partial charge in [-0.15, -0.1) is 0 Å². The van der Waals surface area contributed by atoms with Crippen LogP contribution in [0, 0.1) is 5.92 Å². The molecule has 0 radical (unpaired) electrons. The standard InChI is InChI=1S/C15H21N3O3/c19-14(6-3-11-2-1-7-16-9-11)18-13-5-4-12(17-10-13)8-15(20)21/h4-5,10-11,16H,1-3,6-9H2,(H,18,19)(H,20,21). The molecule has 1 amide bonds. The first-order valence-electron chi connectivity index (χ1n) is 7.31. The van der Waals surface area contributed by atoms with Crippen molar-refractivity contribution in [3.05, 3.63) is 24.0 Å². The summed E-state index contributed by atoms with van der Waals surface area (Å²) in [6.07, 6.45) is 5.15. The zero-order chi connectivity index (χ0) is 15.1. The summed E-state index contributed by atoms with van der Waals surface area (Å²) >= 11 is 0. The Hall–Kier alpha value is -1.95. The number of carbonyl (C=O) groups excluding carboxylic acids is 1. The van der Waals surface area contributed by atoms with E-state index >= 15 is 0 Å². The SMILES string of the molecule is O=C(O)Cc1ccc(NC(=O)CCC2CCCNC2)cn1. The molecule has 0 saturated carbocycles. The van der Waals surface area contributed by atoms with E-state index in [-0.39, 0.29) is 12.3 Å². The van der Waals surface area contributed by atoms with Crippen molar-refractivity contribution in [2.45, 2.75) is 32.1 Å². The van der Waals surface area contributed by atoms with Gasteiger partial charge in [0.2, 0.25) is 5.91 Å². The van der Waals surface area contributed by atoms with Crippen molar-refractivity contribution in [2.24, 2.45) is 5.92 Å². The zero-order valence-corrected chi connectivity index (χ0v) is 12.0. The van der Waals surface area contributed by atoms with Crippen molar-refractivity contribution in [3.63, 3.8) is 0 Å². The maximum absolute atomic E-state index is 11.9. The molecule has 1 atom stereocenters. The smallest absolute Gasteiger partial charge is 0.309 e. The van der Waals surface area contributed by atoms with Crippen molar-refractivity contribution in [2.75, 3.05) is 18.4 Å². The lowest BCUT2D eigenvalue weighted by atomic mass is 9.94. The molecule has 0 bridgehead atoms. The van der Waals surface area contributed by atoms with E-state index in [1.54, 1.807) is 12.1 Å². The van der Waals surface area contributed by atoms with Gasteiger partial charge in [-0.1, -0.05) is 0 Å². The van der Waals surface area contributed by atoms with E-state index in [1.165, 1.54) is 19.0 Å². The second-order valence-corrected chi connectivity index (χ2v) is 5.41. The third-order valence-electron chi connectivity index (χ3n) is 3.62. The fourth-order valence-electron chi connectivity index (χ4n) is 2.49. The van der Waals surface area contributed by atoms with Crippen molar-refractivity contribution < 1.29 is 14.7 Å². The largest absolute Gasteiger partial charge is 0.481 e. The molecule has 1 unspecified atom stereocenters. The molecule has 114 valence electrons. The van der Waals surface area contributed by atoms with Crippen molar-refractivity contribution >= 4 is 17.6 Å². The van der Waals surface area contributed by atoms with Crippen LogP contribution in [0.25, 0.3) is 0 Å². The van der Waals surface area contributed by atoms with Gasteiger partial charge in [-0.3, -0.25) is 14.6 Å². The highest BCUT2D eigenvalue weighted by molar-refractivity contribution is 5.90. The fraction of sp³-hybridized carbons (Fsp3) is 0.533. The van der Waals surface area contributed by atoms with Gasteiger partial charge in [-0.2, -0.15) is 0 Å². The molecule has 6 heteroatoms. The molecule has 2 heterocycles. The molecule has 1 aromatic rings. The number of aliphatic carboxylic acids is 1. The summed E-state index contributed by atoms with van der Waals surface area (Å²) in [5, 5.41) is 14.8. The lowest BCUT2D eigenvalue weighted by molar-refractivity contribution is -0.136. The summed E-state index contributed by atoms with van der Waals surface area (Å²) in [5.74, 6) is -0.352. The van der Waals surface area contributed by atoms with Crippen LogP contribution in [0.15, 0.2) is 18.3 Å². The van der Waals surface area contributed by atoms with E-state index in [9.17, 15) is 9.59 Å². The van der Waals surface area contributed by atoms with Crippen LogP contribution in [0.4, 0.5) is 5.69 Å². The average molecular weight is 291 g/mol. The Labute approximate surface area is 124 Å². The number of pyridine rings is 1. The number of carboxylic acid groups (broad SMARTS) is 1. The normalized spacial score (nSPS) is 18.2. The molecular formula is C15H21N3O3. The Bertz CT molecular complexity index is 481. The predicted molar refractivity (Wildman–Crippen MR) is 79.0 cm³/mol. The van der Waals surface area contributed by atoms with Crippen molar-refractivity contribution in [3.8, 4) is 0 Å². The number of carbonyl (C=O) groups is 2. The average Bonchev–Trinajstić information content (AvgIpc) is 2.48. The number of hydrogen-bond donors (Lipinski definition) is 3. The van der Waals surface area contributed by atoms with Crippen molar-refractivity contribution in [1.82, 2.24) is 10.3 Å². The second-order valence-electron chi connectivity index (χ2n) is 5.41. The van der Waals surface area contributed by atoms with Gasteiger partial charge in [0.05, 0.1) is 24.0 Å². The van der Waals surface area contributed by atoms with Crippen molar-refractivity contribution in [1.29, 1.82) is 0 Å². The van der Waals surface area contributed by atoms with Gasteiger partial charge in [-0.25, -0.2) is 0 Å². The third kappa shape index (κ3) is 5.51. The highest BCUT2D eigenvalue weighted by atomic mass is 16.4. The molecule has 0 aliphatic carbocycles. The topological polar surface area (TPSA) is 91.3 Å². The van der Waals surface area contributed by atoms with E-state index in [1.807, 2.05) is 0 Å². The minimum Gasteiger partial charge on any atom is -0.481 e. The van der Waals surface area contributed by atoms with E-state index < -0.39 is 5.97 Å². The molecule has 6 nitrogen and oxygen atoms in total. The number of carboxylic acids is 1. The molecule has 0 aromatic carbocycles. The number of nitrogens with one attached hydrogen (secondary N) is 2. The summed E-state index contributed by atoms with van der Waals surface area (Å²) in [6.45, 7) is 2.08. The molecule has 1 fully saturated rings. The number of aromatic nitrogens is 1. The first-order chi connectivity index (χ1) is 10.1. The Morgan fingerprint density at radius 3 is 2.90 bits per heavy atom. The summed E-state index contributed by atoms with van der Waals surface area (Å²) in [5.41, 5.74) is 1.09. The molecule has 1 saturated heterocycles. The number of amides is 1. The van der Waals surface area contributed by atoms with Crippen LogP contribution in [0.3, 0.4) is 0 Å². The molecule has 3 N–H and O–H groups in total. The number of rotatable bonds is 6. The Morgan fingerprint density at radius 1 is 1.43 bits per heavy atom. The number of anilines is 1. The van der Waals surface area contributed by atoms with Gasteiger partial charge in [0, 0.05) is 6.42 Å². The molecule has 1 aliphatic heterocycles. The molecule has 1 aromatic heterocycles. The van der Waals surface area contributed by atoms with Gasteiger partial charge < -0.3 is 15.7 Å². The maximum atomic E-state index is 11.9. The summed E-state index contributed by atoms with van der Waals surface area (Å²) in [4.78, 5) is 26.4. The van der Waals surface area contributed by atoms with Gasteiger partial charge in [0.15, 0.2) is 0 Å². The highest BCUT2D eigenvalue weighted by Gasteiger charge is 2.14. The molecule has 2 rings (SSSR count). The van der Waals surface area contributed by atoms with E-state index in [4.69, 9.17) is 5.11 Å². The van der Waals surface area contributed by atoms with E-state index in [0.717, 1.165) is 19.5 Å². The first kappa shape index (κ1) is 15.4. The monoisotopic (exact) mass is 291 g/mol. The predicted octanol–water partition coefficient (Wildman–Crippen LogP) is 1.43. The zero-order valence-electron chi connectivity index (χ0n) is 12.0. The molecule has 21 heavy (non-hydrogen) atoms. The Kier molecular flexibility index (Phi) is 5.68. The number of piperidine rings is 1. The van der Waals surface area contributed by atoms with Gasteiger partial charge in [0.1, 0.15) is 0 Å². The lowest BCUT2D eigenvalue weighted by Gasteiger charge is -2.22. The quantitative estimate of drug-likeness (QED) is 0.737. The van der Waals surface area contributed by atoms with Crippen LogP contribution in [0.5, 0.6) is 0 Å². The minimum absolute atomic E-state index is 0.0200. The molecular weight excluding hydrogens is 270 g/mol. The van der Waals surface area contributed by atoms with E-state index in [0.29, 0.717) is 23.7 Å². The van der Waals surface area contributed by atoms with Gasteiger partial charge >= 0.3 is 5.97 Å². The number of hydrogen-bond acceptors (Lipinski definition) is 4. The molecule has 1 aliphatic rings. The summed E-state index contributed by atoms with van der Waals surface area (Å²) in [7, 11) is 0. The highest BCUT2D eigenvalue weighted by Crippen LogP contribution is 2.16. The fourth-order valence-corrected chi connectivity index (χ4v) is 2.49. The van der Waals surface area contributed by atoms with Crippen LogP contribution in [-0.2, 0) is 16.0 Å². The Morgan fingerprint density at radius 2 is 2.29 bits per heavy atom. The maximum Gasteiger partial charge on any atom is 0.309 e. The summed E-state index contributed by atoms with van der Waals surface area (Å²) in [6, 6.07) is 3.31. The minimum atomic E-state index is -0.916. The third-order valence-corrected chi connectivity index (χ3v) is 3.62. The second kappa shape index (κ2) is 7.73. The van der Waals surface area contributed by atoms with Crippen LogP contribution in [0.2, 0.25) is 0 Å². The van der Waals surface area contributed by atoms with Crippen LogP contribution in [-0.4, -0.2) is 35.1 Å². The van der Waals surface area contributed by atoms with Gasteiger partial charge in [0.25, 0.3) is 0 Å². The first-order valence-corrected chi connectivity index (χ1v) is 7.31. The number of nitrogens with zero attached hydrogens (tertiary/aromatic N) is 1. The van der Waals surface area contributed by atoms with Crippen LogP contribution in [0.1, 0.15) is 31.4 Å². The van der Waals surface area contributed by atoms with E-state index in [2.05, 4.69) is 15.6 Å².